The molecule has 2 aromatic carbocycles. The van der Waals surface area contributed by atoms with E-state index in [4.69, 9.17) is 4.74 Å². The van der Waals surface area contributed by atoms with Crippen LogP contribution in [0, 0.1) is 11.3 Å². The van der Waals surface area contributed by atoms with Gasteiger partial charge < -0.3 is 4.74 Å². The lowest BCUT2D eigenvalue weighted by atomic mass is 10.1. The molecule has 0 bridgehead atoms. The van der Waals surface area contributed by atoms with Crippen molar-refractivity contribution in [1.29, 1.82) is 5.26 Å². The van der Waals surface area contributed by atoms with E-state index in [9.17, 15) is 10.1 Å². The van der Waals surface area contributed by atoms with Gasteiger partial charge in [0, 0.05) is 15.6 Å². The highest BCUT2D eigenvalue weighted by atomic mass is 79.9. The standard InChI is InChI=1S/C19H14BrN5O2/c1-27-16-8-7-14(20)9-13(16)11-22-25-19-23-17(12-5-3-2-4-6-12)15(10-21)18(26)24-19/h2-9,11H,1H3,(H2,23,24,25,26). The number of nitrogens with one attached hydrogen (secondary N) is 2. The Hall–Kier alpha value is -3.44. The molecule has 3 aromatic rings. The van der Waals surface area contributed by atoms with Crippen LogP contribution >= 0.6 is 15.9 Å². The molecule has 0 fully saturated rings. The second-order valence-corrected chi connectivity index (χ2v) is 6.29. The second kappa shape index (κ2) is 8.29. The summed E-state index contributed by atoms with van der Waals surface area (Å²) in [6.07, 6.45) is 1.55. The first kappa shape index (κ1) is 18.4. The van der Waals surface area contributed by atoms with Gasteiger partial charge in [-0.15, -0.1) is 0 Å². The van der Waals surface area contributed by atoms with E-state index in [1.54, 1.807) is 31.5 Å². The Kier molecular flexibility index (Phi) is 5.64. The molecule has 0 radical (unpaired) electrons. The predicted molar refractivity (Wildman–Crippen MR) is 107 cm³/mol. The zero-order chi connectivity index (χ0) is 19.2. The maximum Gasteiger partial charge on any atom is 0.270 e. The molecule has 2 N–H and O–H groups in total. The van der Waals surface area contributed by atoms with Gasteiger partial charge in [-0.05, 0) is 18.2 Å². The van der Waals surface area contributed by atoms with Gasteiger partial charge >= 0.3 is 0 Å². The zero-order valence-corrected chi connectivity index (χ0v) is 15.8. The van der Waals surface area contributed by atoms with Gasteiger partial charge in [0.1, 0.15) is 17.4 Å². The normalized spacial score (nSPS) is 10.6. The molecule has 1 heterocycles. The van der Waals surface area contributed by atoms with Crippen molar-refractivity contribution in [3.05, 3.63) is 74.5 Å². The molecule has 8 heteroatoms. The monoisotopic (exact) mass is 423 g/mol. The van der Waals surface area contributed by atoms with Crippen molar-refractivity contribution in [3.8, 4) is 23.1 Å². The van der Waals surface area contributed by atoms with Crippen LogP contribution in [-0.4, -0.2) is 23.3 Å². The van der Waals surface area contributed by atoms with Gasteiger partial charge in [-0.3, -0.25) is 9.78 Å². The van der Waals surface area contributed by atoms with E-state index in [1.165, 1.54) is 0 Å². The number of methoxy groups -OCH3 is 1. The number of halogens is 1. The van der Waals surface area contributed by atoms with Crippen LogP contribution in [0.5, 0.6) is 5.75 Å². The fraction of sp³-hybridized carbons (Fsp3) is 0.0526. The van der Waals surface area contributed by atoms with Crippen LogP contribution in [0.1, 0.15) is 11.1 Å². The largest absolute Gasteiger partial charge is 0.496 e. The number of nitriles is 1. The summed E-state index contributed by atoms with van der Waals surface area (Å²) in [6.45, 7) is 0. The van der Waals surface area contributed by atoms with Crippen LogP contribution < -0.4 is 15.7 Å². The Morgan fingerprint density at radius 3 is 2.78 bits per heavy atom. The Balaban J connectivity index is 1.93. The van der Waals surface area contributed by atoms with Crippen molar-refractivity contribution in [1.82, 2.24) is 9.97 Å². The SMILES string of the molecule is COc1ccc(Br)cc1C=NNc1nc(-c2ccccc2)c(C#N)c(=O)[nH]1. The van der Waals surface area contributed by atoms with E-state index >= 15 is 0 Å². The van der Waals surface area contributed by atoms with Gasteiger partial charge in [0.05, 0.1) is 19.0 Å². The minimum Gasteiger partial charge on any atom is -0.496 e. The minimum atomic E-state index is -0.538. The van der Waals surface area contributed by atoms with Crippen LogP contribution in [0.2, 0.25) is 0 Å². The number of anilines is 1. The van der Waals surface area contributed by atoms with Crippen molar-refractivity contribution in [3.63, 3.8) is 0 Å². The first-order valence-corrected chi connectivity index (χ1v) is 8.64. The average Bonchev–Trinajstić information content (AvgIpc) is 2.68. The van der Waals surface area contributed by atoms with E-state index in [2.05, 4.69) is 36.4 Å². The number of ether oxygens (including phenoxy) is 1. The van der Waals surface area contributed by atoms with Crippen molar-refractivity contribution in [2.45, 2.75) is 0 Å². The number of hydrogen-bond donors (Lipinski definition) is 2. The fourth-order valence-corrected chi connectivity index (χ4v) is 2.78. The van der Waals surface area contributed by atoms with Gasteiger partial charge in [-0.25, -0.2) is 10.4 Å². The van der Waals surface area contributed by atoms with Gasteiger partial charge in [0.25, 0.3) is 5.56 Å². The molecule has 0 spiro atoms. The summed E-state index contributed by atoms with van der Waals surface area (Å²) in [5.74, 6) is 0.776. The Labute approximate surface area is 163 Å². The molecule has 27 heavy (non-hydrogen) atoms. The number of nitrogens with zero attached hydrogens (tertiary/aromatic N) is 3. The summed E-state index contributed by atoms with van der Waals surface area (Å²) in [5, 5.41) is 13.4. The van der Waals surface area contributed by atoms with Crippen LogP contribution in [0.25, 0.3) is 11.3 Å². The molecular formula is C19H14BrN5O2. The van der Waals surface area contributed by atoms with Gasteiger partial charge in [0.15, 0.2) is 0 Å². The highest BCUT2D eigenvalue weighted by Crippen LogP contribution is 2.22. The molecule has 134 valence electrons. The number of aromatic amines is 1. The summed E-state index contributed by atoms with van der Waals surface area (Å²) in [5.41, 5.74) is 3.79. The molecule has 3 rings (SSSR count). The summed E-state index contributed by atoms with van der Waals surface area (Å²) in [4.78, 5) is 19.0. The van der Waals surface area contributed by atoms with Crippen molar-refractivity contribution >= 4 is 28.1 Å². The summed E-state index contributed by atoms with van der Waals surface area (Å²) >= 11 is 3.40. The molecule has 0 aliphatic carbocycles. The molecule has 0 saturated carbocycles. The minimum absolute atomic E-state index is 0.0515. The molecule has 7 nitrogen and oxygen atoms in total. The topological polar surface area (TPSA) is 103 Å². The molecular weight excluding hydrogens is 410 g/mol. The third-order valence-corrected chi connectivity index (χ3v) is 4.14. The lowest BCUT2D eigenvalue weighted by Gasteiger charge is -2.07. The maximum absolute atomic E-state index is 12.2. The van der Waals surface area contributed by atoms with E-state index in [1.807, 2.05) is 36.4 Å². The molecule has 0 aliphatic heterocycles. The smallest absolute Gasteiger partial charge is 0.270 e. The van der Waals surface area contributed by atoms with Gasteiger partial charge in [-0.1, -0.05) is 46.3 Å². The summed E-state index contributed by atoms with van der Waals surface area (Å²) in [6, 6.07) is 16.4. The Morgan fingerprint density at radius 2 is 2.07 bits per heavy atom. The van der Waals surface area contributed by atoms with Crippen molar-refractivity contribution < 1.29 is 4.74 Å². The number of benzene rings is 2. The van der Waals surface area contributed by atoms with E-state index in [-0.39, 0.29) is 11.5 Å². The first-order chi connectivity index (χ1) is 13.1. The van der Waals surface area contributed by atoms with E-state index in [0.717, 1.165) is 10.0 Å². The average molecular weight is 424 g/mol. The van der Waals surface area contributed by atoms with Crippen LogP contribution in [0.4, 0.5) is 5.95 Å². The number of hydrazone groups is 1. The fourth-order valence-electron chi connectivity index (χ4n) is 2.40. The van der Waals surface area contributed by atoms with Crippen LogP contribution in [0.15, 0.2) is 62.9 Å². The molecule has 0 saturated heterocycles. The molecule has 1 aromatic heterocycles. The molecule has 0 amide bonds. The third kappa shape index (κ3) is 4.22. The number of rotatable bonds is 5. The highest BCUT2D eigenvalue weighted by molar-refractivity contribution is 9.10. The number of hydrogen-bond acceptors (Lipinski definition) is 6. The summed E-state index contributed by atoms with van der Waals surface area (Å²) in [7, 11) is 1.57. The second-order valence-electron chi connectivity index (χ2n) is 5.37. The van der Waals surface area contributed by atoms with E-state index < -0.39 is 5.56 Å². The van der Waals surface area contributed by atoms with Crippen molar-refractivity contribution in [2.75, 3.05) is 12.5 Å². The maximum atomic E-state index is 12.2. The zero-order valence-electron chi connectivity index (χ0n) is 14.2. The molecule has 0 aliphatic rings. The highest BCUT2D eigenvalue weighted by Gasteiger charge is 2.12. The van der Waals surface area contributed by atoms with Crippen LogP contribution in [-0.2, 0) is 0 Å². The lowest BCUT2D eigenvalue weighted by Crippen LogP contribution is -2.16. The molecule has 0 atom stereocenters. The van der Waals surface area contributed by atoms with Crippen molar-refractivity contribution in [2.24, 2.45) is 5.10 Å². The van der Waals surface area contributed by atoms with Gasteiger partial charge in [0.2, 0.25) is 5.95 Å². The molecule has 0 unspecified atom stereocenters. The number of H-pyrrole nitrogens is 1. The van der Waals surface area contributed by atoms with Crippen LogP contribution in [0.3, 0.4) is 0 Å². The number of aromatic nitrogens is 2. The summed E-state index contributed by atoms with van der Waals surface area (Å²) < 4.78 is 6.16. The lowest BCUT2D eigenvalue weighted by molar-refractivity contribution is 0.414. The Morgan fingerprint density at radius 1 is 1.30 bits per heavy atom. The van der Waals surface area contributed by atoms with E-state index in [0.29, 0.717) is 17.0 Å². The van der Waals surface area contributed by atoms with Gasteiger partial charge in [-0.2, -0.15) is 10.4 Å². The Bertz CT molecular complexity index is 1090. The predicted octanol–water partition coefficient (Wildman–Crippen LogP) is 3.53. The third-order valence-electron chi connectivity index (χ3n) is 3.64. The quantitative estimate of drug-likeness (QED) is 0.482. The first-order valence-electron chi connectivity index (χ1n) is 7.85.